The number of sulfone groups is 1. The Morgan fingerprint density at radius 1 is 1.31 bits per heavy atom. The van der Waals surface area contributed by atoms with E-state index in [4.69, 9.17) is 9.47 Å². The molecule has 1 amide bonds. The smallest absolute Gasteiger partial charge is 0.306 e. The number of amides is 1. The van der Waals surface area contributed by atoms with E-state index in [9.17, 15) is 18.0 Å². The molecule has 26 heavy (non-hydrogen) atoms. The van der Waals surface area contributed by atoms with E-state index in [-0.39, 0.29) is 17.9 Å². The summed E-state index contributed by atoms with van der Waals surface area (Å²) in [6, 6.07) is 7.05. The summed E-state index contributed by atoms with van der Waals surface area (Å²) in [7, 11) is -3.07. The molecule has 0 spiro atoms. The van der Waals surface area contributed by atoms with Crippen LogP contribution in [0.3, 0.4) is 0 Å². The molecule has 1 aliphatic rings. The molecule has 1 N–H and O–H groups in total. The Hall–Kier alpha value is -2.09. The lowest BCUT2D eigenvalue weighted by Gasteiger charge is -2.16. The topological polar surface area (TPSA) is 98.8 Å². The van der Waals surface area contributed by atoms with Crippen LogP contribution in [0.1, 0.15) is 32.3 Å². The molecular weight excluding hydrogens is 358 g/mol. The first-order chi connectivity index (χ1) is 12.3. The molecule has 0 saturated carbocycles. The van der Waals surface area contributed by atoms with Gasteiger partial charge in [0.25, 0.3) is 5.91 Å². The van der Waals surface area contributed by atoms with Crippen LogP contribution in [0.5, 0.6) is 5.75 Å². The van der Waals surface area contributed by atoms with Gasteiger partial charge in [-0.2, -0.15) is 0 Å². The predicted molar refractivity (Wildman–Crippen MR) is 96.7 cm³/mol. The van der Waals surface area contributed by atoms with Crippen molar-refractivity contribution in [1.29, 1.82) is 0 Å². The second-order valence-corrected chi connectivity index (χ2v) is 8.51. The Morgan fingerprint density at radius 2 is 2.04 bits per heavy atom. The van der Waals surface area contributed by atoms with Crippen molar-refractivity contribution in [3.8, 4) is 5.75 Å². The van der Waals surface area contributed by atoms with Crippen molar-refractivity contribution in [2.75, 3.05) is 18.1 Å². The largest absolute Gasteiger partial charge is 0.494 e. The van der Waals surface area contributed by atoms with Gasteiger partial charge in [-0.25, -0.2) is 8.42 Å². The molecule has 2 rings (SSSR count). The third-order valence-electron chi connectivity index (χ3n) is 4.13. The minimum Gasteiger partial charge on any atom is -0.494 e. The molecule has 0 aliphatic carbocycles. The quantitative estimate of drug-likeness (QED) is 0.679. The predicted octanol–water partition coefficient (Wildman–Crippen LogP) is 1.25. The number of rotatable bonds is 8. The maximum atomic E-state index is 12.1. The standard InChI is InChI=1S/C18H25NO6S/c1-3-24-16-7-5-4-6-14(16)8-9-17(20)25-13(2)18(21)19-15-10-11-26(22,23)12-15/h4-7,13,15H,3,8-12H2,1-2H3,(H,19,21)/t13-,15+/m0/s1. The first-order valence-corrected chi connectivity index (χ1v) is 10.5. The van der Waals surface area contributed by atoms with E-state index in [0.29, 0.717) is 19.4 Å². The number of esters is 1. The van der Waals surface area contributed by atoms with Crippen LogP contribution in [0.15, 0.2) is 24.3 Å². The summed E-state index contributed by atoms with van der Waals surface area (Å²) in [5.74, 6) is -0.219. The zero-order valence-corrected chi connectivity index (χ0v) is 15.9. The minimum atomic E-state index is -3.07. The highest BCUT2D eigenvalue weighted by Gasteiger charge is 2.30. The van der Waals surface area contributed by atoms with Crippen LogP contribution in [0.4, 0.5) is 0 Å². The van der Waals surface area contributed by atoms with Gasteiger partial charge in [0.05, 0.1) is 18.1 Å². The summed E-state index contributed by atoms with van der Waals surface area (Å²) in [6.45, 7) is 3.90. The van der Waals surface area contributed by atoms with Crippen LogP contribution < -0.4 is 10.1 Å². The molecule has 0 radical (unpaired) electrons. The normalized spacial score (nSPS) is 19.5. The number of benzene rings is 1. The van der Waals surface area contributed by atoms with E-state index >= 15 is 0 Å². The number of ether oxygens (including phenoxy) is 2. The van der Waals surface area contributed by atoms with Crippen LogP contribution in [-0.2, 0) is 30.6 Å². The molecule has 1 heterocycles. The average molecular weight is 383 g/mol. The van der Waals surface area contributed by atoms with Crippen LogP contribution in [0, 0.1) is 0 Å². The van der Waals surface area contributed by atoms with Crippen LogP contribution in [0.2, 0.25) is 0 Å². The second kappa shape index (κ2) is 9.02. The van der Waals surface area contributed by atoms with E-state index < -0.39 is 33.9 Å². The van der Waals surface area contributed by atoms with Gasteiger partial charge in [-0.15, -0.1) is 0 Å². The van der Waals surface area contributed by atoms with Gasteiger partial charge in [-0.1, -0.05) is 18.2 Å². The molecule has 144 valence electrons. The summed E-state index contributed by atoms with van der Waals surface area (Å²) >= 11 is 0. The zero-order chi connectivity index (χ0) is 19.2. The molecule has 1 fully saturated rings. The molecule has 2 atom stereocenters. The lowest BCUT2D eigenvalue weighted by atomic mass is 10.1. The molecule has 0 bridgehead atoms. The van der Waals surface area contributed by atoms with Gasteiger partial charge in [0.2, 0.25) is 0 Å². The van der Waals surface area contributed by atoms with Crippen molar-refractivity contribution in [3.05, 3.63) is 29.8 Å². The number of para-hydroxylation sites is 1. The van der Waals surface area contributed by atoms with Crippen LogP contribution in [0.25, 0.3) is 0 Å². The van der Waals surface area contributed by atoms with Gasteiger partial charge in [0.1, 0.15) is 5.75 Å². The van der Waals surface area contributed by atoms with Gasteiger partial charge in [-0.05, 0) is 38.3 Å². The number of hydrogen-bond acceptors (Lipinski definition) is 6. The number of hydrogen-bond donors (Lipinski definition) is 1. The van der Waals surface area contributed by atoms with Gasteiger partial charge in [0.15, 0.2) is 15.9 Å². The Kier molecular flexibility index (Phi) is 7.02. The van der Waals surface area contributed by atoms with Gasteiger partial charge >= 0.3 is 5.97 Å². The maximum Gasteiger partial charge on any atom is 0.306 e. The Morgan fingerprint density at radius 3 is 2.69 bits per heavy atom. The Labute approximate surface area is 154 Å². The molecule has 7 nitrogen and oxygen atoms in total. The van der Waals surface area contributed by atoms with Gasteiger partial charge in [-0.3, -0.25) is 9.59 Å². The van der Waals surface area contributed by atoms with E-state index in [1.807, 2.05) is 31.2 Å². The SMILES string of the molecule is CCOc1ccccc1CCC(=O)O[C@@H](C)C(=O)N[C@@H]1CCS(=O)(=O)C1. The number of carbonyl (C=O) groups excluding carboxylic acids is 2. The first-order valence-electron chi connectivity index (χ1n) is 8.71. The van der Waals surface area contributed by atoms with Crippen molar-refractivity contribution < 1.29 is 27.5 Å². The van der Waals surface area contributed by atoms with E-state index in [2.05, 4.69) is 5.32 Å². The average Bonchev–Trinajstić information content (AvgIpc) is 2.92. The van der Waals surface area contributed by atoms with Crippen molar-refractivity contribution in [1.82, 2.24) is 5.32 Å². The fourth-order valence-electron chi connectivity index (χ4n) is 2.78. The summed E-state index contributed by atoms with van der Waals surface area (Å²) in [6.07, 6.45) is 0.0000918. The fraction of sp³-hybridized carbons (Fsp3) is 0.556. The maximum absolute atomic E-state index is 12.1. The van der Waals surface area contributed by atoms with Crippen LogP contribution in [-0.4, -0.2) is 50.6 Å². The van der Waals surface area contributed by atoms with Gasteiger partial charge in [0, 0.05) is 12.5 Å². The van der Waals surface area contributed by atoms with Crippen molar-refractivity contribution in [3.63, 3.8) is 0 Å². The summed E-state index contributed by atoms with van der Waals surface area (Å²) in [5.41, 5.74) is 0.902. The minimum absolute atomic E-state index is 0.0619. The molecular formula is C18H25NO6S. The number of carbonyl (C=O) groups is 2. The highest BCUT2D eigenvalue weighted by Crippen LogP contribution is 2.20. The molecule has 0 unspecified atom stereocenters. The molecule has 1 saturated heterocycles. The third-order valence-corrected chi connectivity index (χ3v) is 5.90. The first kappa shape index (κ1) is 20.2. The molecule has 1 aromatic rings. The fourth-order valence-corrected chi connectivity index (χ4v) is 4.45. The Bertz CT molecular complexity index is 746. The van der Waals surface area contributed by atoms with E-state index in [1.54, 1.807) is 0 Å². The summed E-state index contributed by atoms with van der Waals surface area (Å²) < 4.78 is 33.5. The second-order valence-electron chi connectivity index (χ2n) is 6.28. The zero-order valence-electron chi connectivity index (χ0n) is 15.1. The summed E-state index contributed by atoms with van der Waals surface area (Å²) in [4.78, 5) is 24.1. The monoisotopic (exact) mass is 383 g/mol. The number of nitrogens with one attached hydrogen (secondary N) is 1. The number of aryl methyl sites for hydroxylation is 1. The van der Waals surface area contributed by atoms with E-state index in [0.717, 1.165) is 11.3 Å². The lowest BCUT2D eigenvalue weighted by Crippen LogP contribution is -2.42. The molecule has 1 aromatic carbocycles. The molecule has 0 aromatic heterocycles. The Balaban J connectivity index is 1.79. The third kappa shape index (κ3) is 6.01. The highest BCUT2D eigenvalue weighted by molar-refractivity contribution is 7.91. The van der Waals surface area contributed by atoms with Crippen molar-refractivity contribution in [2.24, 2.45) is 0 Å². The summed E-state index contributed by atoms with van der Waals surface area (Å²) in [5, 5.41) is 2.62. The molecule has 8 heteroatoms. The van der Waals surface area contributed by atoms with Crippen molar-refractivity contribution in [2.45, 2.75) is 45.3 Å². The lowest BCUT2D eigenvalue weighted by molar-refractivity contribution is -0.155. The van der Waals surface area contributed by atoms with E-state index in [1.165, 1.54) is 6.92 Å². The highest BCUT2D eigenvalue weighted by atomic mass is 32.2. The van der Waals surface area contributed by atoms with Gasteiger partial charge < -0.3 is 14.8 Å². The van der Waals surface area contributed by atoms with Crippen LogP contribution >= 0.6 is 0 Å². The van der Waals surface area contributed by atoms with Crippen molar-refractivity contribution >= 4 is 21.7 Å². The molecule has 1 aliphatic heterocycles.